The Morgan fingerprint density at radius 3 is 2.42 bits per heavy atom. The van der Waals surface area contributed by atoms with Gasteiger partial charge in [-0.2, -0.15) is 0 Å². The fraction of sp³-hybridized carbons (Fsp3) is 0.889. The number of urea groups is 1. The van der Waals surface area contributed by atoms with Crippen molar-refractivity contribution in [2.45, 2.75) is 64.0 Å². The molecule has 2 heterocycles. The molecule has 1 saturated carbocycles. The SMILES string of the molecule is CC1CCCCN1CCNC(=O)N1CCC(C(=O)NC2CC2)CC1. The highest BCUT2D eigenvalue weighted by atomic mass is 16.2. The number of carbonyl (C=O) groups is 2. The lowest BCUT2D eigenvalue weighted by molar-refractivity contribution is -0.126. The van der Waals surface area contributed by atoms with Gasteiger partial charge >= 0.3 is 6.03 Å². The van der Waals surface area contributed by atoms with Gasteiger partial charge in [0, 0.05) is 44.2 Å². The van der Waals surface area contributed by atoms with Gasteiger partial charge in [0.1, 0.15) is 0 Å². The van der Waals surface area contributed by atoms with Crippen molar-refractivity contribution >= 4 is 11.9 Å². The first-order valence-electron chi connectivity index (χ1n) is 9.70. The summed E-state index contributed by atoms with van der Waals surface area (Å²) >= 11 is 0. The van der Waals surface area contributed by atoms with Gasteiger partial charge in [0.2, 0.25) is 5.91 Å². The minimum atomic E-state index is 0.0284. The second kappa shape index (κ2) is 8.19. The molecule has 2 aliphatic heterocycles. The molecule has 3 fully saturated rings. The van der Waals surface area contributed by atoms with E-state index in [2.05, 4.69) is 22.5 Å². The number of amides is 3. The summed E-state index contributed by atoms with van der Waals surface area (Å²) in [5.74, 6) is 0.278. The molecule has 0 aromatic carbocycles. The molecule has 1 unspecified atom stereocenters. The van der Waals surface area contributed by atoms with Gasteiger partial charge in [-0.05, 0) is 52.0 Å². The number of nitrogens with zero attached hydrogens (tertiary/aromatic N) is 2. The maximum absolute atomic E-state index is 12.3. The third kappa shape index (κ3) is 4.85. The molecule has 0 aromatic rings. The van der Waals surface area contributed by atoms with E-state index in [1.807, 2.05) is 4.90 Å². The lowest BCUT2D eigenvalue weighted by Gasteiger charge is -2.34. The van der Waals surface area contributed by atoms with E-state index in [9.17, 15) is 9.59 Å². The number of piperidine rings is 2. The molecular weight excluding hydrogens is 304 g/mol. The second-order valence-electron chi connectivity index (χ2n) is 7.66. The van der Waals surface area contributed by atoms with Gasteiger partial charge in [0.05, 0.1) is 0 Å². The maximum atomic E-state index is 12.3. The topological polar surface area (TPSA) is 64.7 Å². The minimum absolute atomic E-state index is 0.0284. The summed E-state index contributed by atoms with van der Waals surface area (Å²) in [7, 11) is 0. The minimum Gasteiger partial charge on any atom is -0.353 e. The van der Waals surface area contributed by atoms with Gasteiger partial charge in [0.25, 0.3) is 0 Å². The van der Waals surface area contributed by atoms with Crippen LogP contribution in [0.25, 0.3) is 0 Å². The monoisotopic (exact) mass is 336 g/mol. The summed E-state index contributed by atoms with van der Waals surface area (Å²) in [5, 5.41) is 6.13. The summed E-state index contributed by atoms with van der Waals surface area (Å²) in [4.78, 5) is 28.7. The first kappa shape index (κ1) is 17.5. The molecule has 1 atom stereocenters. The van der Waals surface area contributed by atoms with Gasteiger partial charge < -0.3 is 15.5 Å². The first-order chi connectivity index (χ1) is 11.6. The molecule has 2 N–H and O–H groups in total. The Kier molecular flexibility index (Phi) is 5.98. The zero-order chi connectivity index (χ0) is 16.9. The molecule has 3 amide bonds. The van der Waals surface area contributed by atoms with Crippen LogP contribution in [0.2, 0.25) is 0 Å². The fourth-order valence-electron chi connectivity index (χ4n) is 3.80. The van der Waals surface area contributed by atoms with Gasteiger partial charge in [-0.15, -0.1) is 0 Å². The van der Waals surface area contributed by atoms with Gasteiger partial charge in [-0.25, -0.2) is 4.79 Å². The van der Waals surface area contributed by atoms with Crippen molar-refractivity contribution in [2.75, 3.05) is 32.7 Å². The maximum Gasteiger partial charge on any atom is 0.317 e. The van der Waals surface area contributed by atoms with Crippen LogP contribution in [0, 0.1) is 5.92 Å². The third-order valence-electron chi connectivity index (χ3n) is 5.69. The summed E-state index contributed by atoms with van der Waals surface area (Å²) in [5.41, 5.74) is 0. The number of hydrogen-bond donors (Lipinski definition) is 2. The molecular formula is C18H32N4O2. The fourth-order valence-corrected chi connectivity index (χ4v) is 3.80. The van der Waals surface area contributed by atoms with Crippen molar-refractivity contribution < 1.29 is 9.59 Å². The standard InChI is InChI=1S/C18H32N4O2/c1-14-4-2-3-10-21(14)13-9-19-18(24)22-11-7-15(8-12-22)17(23)20-16-5-6-16/h14-16H,2-13H2,1H3,(H,19,24)(H,20,23). The molecule has 0 aromatic heterocycles. The Morgan fingerprint density at radius 2 is 1.75 bits per heavy atom. The molecule has 1 aliphatic carbocycles. The molecule has 3 rings (SSSR count). The quantitative estimate of drug-likeness (QED) is 0.801. The normalized spacial score (nSPS) is 26.2. The summed E-state index contributed by atoms with van der Waals surface area (Å²) in [6.45, 7) is 6.46. The first-order valence-corrected chi connectivity index (χ1v) is 9.70. The lowest BCUT2D eigenvalue weighted by Crippen LogP contribution is -2.49. The van der Waals surface area contributed by atoms with Crippen molar-refractivity contribution in [1.29, 1.82) is 0 Å². The molecule has 0 bridgehead atoms. The molecule has 0 spiro atoms. The highest BCUT2D eigenvalue weighted by Gasteiger charge is 2.31. The molecule has 0 radical (unpaired) electrons. The van der Waals surface area contributed by atoms with E-state index in [-0.39, 0.29) is 17.9 Å². The van der Waals surface area contributed by atoms with E-state index in [1.54, 1.807) is 0 Å². The van der Waals surface area contributed by atoms with E-state index in [0.717, 1.165) is 38.8 Å². The summed E-state index contributed by atoms with van der Waals surface area (Å²) in [6.07, 6.45) is 7.70. The molecule has 136 valence electrons. The smallest absolute Gasteiger partial charge is 0.317 e. The predicted molar refractivity (Wildman–Crippen MR) is 93.7 cm³/mol. The van der Waals surface area contributed by atoms with Crippen LogP contribution in [0.1, 0.15) is 51.9 Å². The second-order valence-corrected chi connectivity index (χ2v) is 7.66. The van der Waals surface area contributed by atoms with Crippen LogP contribution < -0.4 is 10.6 Å². The Labute approximate surface area is 145 Å². The predicted octanol–water partition coefficient (Wildman–Crippen LogP) is 1.56. The molecule has 3 aliphatic rings. The Hall–Kier alpha value is -1.30. The average Bonchev–Trinajstić information content (AvgIpc) is 3.40. The van der Waals surface area contributed by atoms with E-state index >= 15 is 0 Å². The van der Waals surface area contributed by atoms with Gasteiger partial charge in [-0.1, -0.05) is 6.42 Å². The average molecular weight is 336 g/mol. The van der Waals surface area contributed by atoms with Gasteiger partial charge in [0.15, 0.2) is 0 Å². The van der Waals surface area contributed by atoms with Crippen LogP contribution in [0.4, 0.5) is 4.79 Å². The highest BCUT2D eigenvalue weighted by molar-refractivity contribution is 5.80. The van der Waals surface area contributed by atoms with Gasteiger partial charge in [-0.3, -0.25) is 9.69 Å². The largest absolute Gasteiger partial charge is 0.353 e. The van der Waals surface area contributed by atoms with Crippen molar-refractivity contribution in [2.24, 2.45) is 5.92 Å². The Balaban J connectivity index is 1.32. The van der Waals surface area contributed by atoms with E-state index in [4.69, 9.17) is 0 Å². The number of likely N-dealkylation sites (tertiary alicyclic amines) is 2. The van der Waals surface area contributed by atoms with Crippen LogP contribution >= 0.6 is 0 Å². The van der Waals surface area contributed by atoms with E-state index in [0.29, 0.717) is 31.7 Å². The van der Waals surface area contributed by atoms with Crippen LogP contribution in [0.5, 0.6) is 0 Å². The number of carbonyl (C=O) groups excluding carboxylic acids is 2. The van der Waals surface area contributed by atoms with Crippen molar-refractivity contribution in [1.82, 2.24) is 20.4 Å². The van der Waals surface area contributed by atoms with Crippen LogP contribution in [-0.4, -0.2) is 66.5 Å². The zero-order valence-electron chi connectivity index (χ0n) is 14.9. The van der Waals surface area contributed by atoms with Crippen molar-refractivity contribution in [3.63, 3.8) is 0 Å². The lowest BCUT2D eigenvalue weighted by atomic mass is 9.96. The van der Waals surface area contributed by atoms with Crippen LogP contribution in [0.3, 0.4) is 0 Å². The van der Waals surface area contributed by atoms with Crippen LogP contribution in [-0.2, 0) is 4.79 Å². The van der Waals surface area contributed by atoms with Crippen molar-refractivity contribution in [3.8, 4) is 0 Å². The number of rotatable bonds is 5. The van der Waals surface area contributed by atoms with E-state index < -0.39 is 0 Å². The highest BCUT2D eigenvalue weighted by Crippen LogP contribution is 2.22. The molecule has 24 heavy (non-hydrogen) atoms. The van der Waals surface area contributed by atoms with Crippen molar-refractivity contribution in [3.05, 3.63) is 0 Å². The third-order valence-corrected chi connectivity index (χ3v) is 5.69. The Bertz CT molecular complexity index is 444. The Morgan fingerprint density at radius 1 is 1.00 bits per heavy atom. The number of hydrogen-bond acceptors (Lipinski definition) is 3. The zero-order valence-corrected chi connectivity index (χ0v) is 14.9. The van der Waals surface area contributed by atoms with Crippen LogP contribution in [0.15, 0.2) is 0 Å². The number of nitrogens with one attached hydrogen (secondary N) is 2. The summed E-state index contributed by atoms with van der Waals surface area (Å²) in [6, 6.07) is 1.09. The molecule has 6 nitrogen and oxygen atoms in total. The summed E-state index contributed by atoms with van der Waals surface area (Å²) < 4.78 is 0. The molecule has 6 heteroatoms. The molecule has 2 saturated heterocycles. The van der Waals surface area contributed by atoms with E-state index in [1.165, 1.54) is 19.3 Å².